The third kappa shape index (κ3) is 2.59. The zero-order valence-corrected chi connectivity index (χ0v) is 13.3. The van der Waals surface area contributed by atoms with E-state index in [1.165, 1.54) is 11.3 Å². The zero-order valence-electron chi connectivity index (χ0n) is 11.8. The molecule has 0 bridgehead atoms. The number of carbonyl (C=O) groups is 1. The summed E-state index contributed by atoms with van der Waals surface area (Å²) in [6.07, 6.45) is 5.16. The van der Waals surface area contributed by atoms with Crippen LogP contribution in [0.2, 0.25) is 5.02 Å². The first-order valence-corrected chi connectivity index (χ1v) is 7.76. The lowest BCUT2D eigenvalue weighted by Crippen LogP contribution is -2.22. The molecule has 3 aromatic rings. The van der Waals surface area contributed by atoms with E-state index in [2.05, 4.69) is 16.3 Å². The van der Waals surface area contributed by atoms with Gasteiger partial charge in [-0.15, -0.1) is 17.8 Å². The van der Waals surface area contributed by atoms with E-state index in [1.807, 2.05) is 41.9 Å². The van der Waals surface area contributed by atoms with Gasteiger partial charge in [0.25, 0.3) is 5.91 Å². The number of thiophene rings is 1. The topological polar surface area (TPSA) is 46.9 Å². The van der Waals surface area contributed by atoms with Crippen LogP contribution >= 0.6 is 22.9 Å². The van der Waals surface area contributed by atoms with Gasteiger partial charge in [-0.25, -0.2) is 4.68 Å². The van der Waals surface area contributed by atoms with E-state index >= 15 is 0 Å². The van der Waals surface area contributed by atoms with Crippen LogP contribution in [-0.4, -0.2) is 22.2 Å². The Morgan fingerprint density at radius 3 is 2.86 bits per heavy atom. The minimum atomic E-state index is -0.166. The molecule has 0 aliphatic heterocycles. The molecular weight excluding hydrogens is 318 g/mol. The van der Waals surface area contributed by atoms with Crippen molar-refractivity contribution in [2.45, 2.75) is 6.92 Å². The molecule has 0 atom stereocenters. The van der Waals surface area contributed by atoms with Gasteiger partial charge in [0.15, 0.2) is 0 Å². The van der Waals surface area contributed by atoms with Gasteiger partial charge < -0.3 is 5.32 Å². The lowest BCUT2D eigenvalue weighted by atomic mass is 10.3. The molecule has 3 rings (SSSR count). The van der Waals surface area contributed by atoms with E-state index < -0.39 is 0 Å². The maximum atomic E-state index is 12.0. The minimum Gasteiger partial charge on any atom is -0.340 e. The molecule has 2 heterocycles. The van der Waals surface area contributed by atoms with E-state index in [9.17, 15) is 4.79 Å². The maximum absolute atomic E-state index is 12.0. The first-order valence-electron chi connectivity index (χ1n) is 6.57. The van der Waals surface area contributed by atoms with Crippen LogP contribution in [0.1, 0.15) is 15.4 Å². The van der Waals surface area contributed by atoms with E-state index in [-0.39, 0.29) is 12.5 Å². The fourth-order valence-electron chi connectivity index (χ4n) is 2.13. The molecule has 1 N–H and O–H groups in total. The molecule has 0 saturated heterocycles. The molecule has 6 heteroatoms. The Morgan fingerprint density at radius 1 is 1.45 bits per heavy atom. The summed E-state index contributed by atoms with van der Waals surface area (Å²) in [6, 6.07) is 9.26. The smallest absolute Gasteiger partial charge is 0.262 e. The van der Waals surface area contributed by atoms with E-state index in [4.69, 9.17) is 18.0 Å². The lowest BCUT2D eigenvalue weighted by Gasteiger charge is -2.02. The fraction of sp³-hybridized carbons (Fsp3) is 0.125. The summed E-state index contributed by atoms with van der Waals surface area (Å²) >= 11 is 7.31. The van der Waals surface area contributed by atoms with Crippen molar-refractivity contribution >= 4 is 39.1 Å². The maximum Gasteiger partial charge on any atom is 0.262 e. The van der Waals surface area contributed by atoms with Crippen LogP contribution in [0.5, 0.6) is 0 Å². The van der Waals surface area contributed by atoms with Gasteiger partial charge >= 0.3 is 0 Å². The first kappa shape index (κ1) is 14.6. The molecule has 0 fully saturated rings. The summed E-state index contributed by atoms with van der Waals surface area (Å²) in [4.78, 5) is 13.6. The molecule has 22 heavy (non-hydrogen) atoms. The first-order chi connectivity index (χ1) is 10.6. The average molecular weight is 330 g/mol. The Kier molecular flexibility index (Phi) is 3.88. The SMILES string of the molecule is C#CCNC(=O)c1cc2c(C)nn(-c3ccc(Cl)cc3)c2s1. The van der Waals surface area contributed by atoms with E-state index in [0.717, 1.165) is 21.6 Å². The minimum absolute atomic E-state index is 0.166. The third-order valence-electron chi connectivity index (χ3n) is 3.19. The monoisotopic (exact) mass is 329 g/mol. The number of carbonyl (C=O) groups excluding carboxylic acids is 1. The second kappa shape index (κ2) is 5.84. The van der Waals surface area contributed by atoms with Crippen LogP contribution in [0, 0.1) is 19.3 Å². The predicted octanol–water partition coefficient (Wildman–Crippen LogP) is 3.41. The summed E-state index contributed by atoms with van der Waals surface area (Å²) in [6.45, 7) is 2.14. The number of amides is 1. The fourth-order valence-corrected chi connectivity index (χ4v) is 3.36. The van der Waals surface area contributed by atoms with Gasteiger partial charge in [0.05, 0.1) is 22.8 Å². The number of nitrogens with one attached hydrogen (secondary N) is 1. The highest BCUT2D eigenvalue weighted by Gasteiger charge is 2.16. The number of terminal acetylenes is 1. The van der Waals surface area contributed by atoms with Crippen LogP contribution in [0.4, 0.5) is 0 Å². The molecule has 1 amide bonds. The molecule has 0 aliphatic rings. The quantitative estimate of drug-likeness (QED) is 0.748. The summed E-state index contributed by atoms with van der Waals surface area (Å²) in [5.41, 5.74) is 1.78. The highest BCUT2D eigenvalue weighted by atomic mass is 35.5. The number of aromatic nitrogens is 2. The van der Waals surface area contributed by atoms with Crippen molar-refractivity contribution in [3.63, 3.8) is 0 Å². The molecule has 0 saturated carbocycles. The van der Waals surface area contributed by atoms with Crippen molar-refractivity contribution in [1.82, 2.24) is 15.1 Å². The number of nitrogens with zero attached hydrogens (tertiary/aromatic N) is 2. The number of aryl methyl sites for hydroxylation is 1. The van der Waals surface area contributed by atoms with Crippen LogP contribution in [0.3, 0.4) is 0 Å². The third-order valence-corrected chi connectivity index (χ3v) is 4.55. The molecule has 0 unspecified atom stereocenters. The molecule has 0 aliphatic carbocycles. The molecule has 2 aromatic heterocycles. The second-order valence-electron chi connectivity index (χ2n) is 4.69. The van der Waals surface area contributed by atoms with Gasteiger partial charge in [0.2, 0.25) is 0 Å². The van der Waals surface area contributed by atoms with Gasteiger partial charge in [0, 0.05) is 10.4 Å². The summed E-state index contributed by atoms with van der Waals surface area (Å²) in [7, 11) is 0. The Balaban J connectivity index is 2.05. The van der Waals surface area contributed by atoms with Crippen LogP contribution < -0.4 is 5.32 Å². The summed E-state index contributed by atoms with van der Waals surface area (Å²) in [5, 5.41) is 8.84. The Labute approximate surface area is 136 Å². The summed E-state index contributed by atoms with van der Waals surface area (Å²) < 4.78 is 1.82. The standard InChI is InChI=1S/C16H12ClN3OS/c1-3-8-18-15(21)14-9-13-10(2)19-20(16(13)22-14)12-6-4-11(17)5-7-12/h1,4-7,9H,8H2,2H3,(H,18,21). The van der Waals surface area contributed by atoms with Crippen molar-refractivity contribution < 1.29 is 4.79 Å². The number of hydrogen-bond donors (Lipinski definition) is 1. The average Bonchev–Trinajstić information content (AvgIpc) is 3.07. The molecule has 4 nitrogen and oxygen atoms in total. The highest BCUT2D eigenvalue weighted by Crippen LogP contribution is 2.30. The van der Waals surface area contributed by atoms with Gasteiger partial charge in [0.1, 0.15) is 4.83 Å². The molecule has 0 spiro atoms. The molecular formula is C16H12ClN3OS. The van der Waals surface area contributed by atoms with Crippen LogP contribution in [0.25, 0.3) is 15.9 Å². The van der Waals surface area contributed by atoms with Crippen LogP contribution in [-0.2, 0) is 0 Å². The number of rotatable bonds is 3. The van der Waals surface area contributed by atoms with E-state index in [0.29, 0.717) is 9.90 Å². The van der Waals surface area contributed by atoms with Gasteiger partial charge in [-0.3, -0.25) is 4.79 Å². The van der Waals surface area contributed by atoms with Crippen molar-refractivity contribution in [3.8, 4) is 18.0 Å². The normalized spacial score (nSPS) is 10.6. The van der Waals surface area contributed by atoms with Crippen molar-refractivity contribution in [1.29, 1.82) is 0 Å². The zero-order chi connectivity index (χ0) is 15.7. The Hall–Kier alpha value is -2.29. The van der Waals surface area contributed by atoms with E-state index in [1.54, 1.807) is 0 Å². The number of benzene rings is 1. The van der Waals surface area contributed by atoms with Gasteiger partial charge in [-0.2, -0.15) is 5.10 Å². The lowest BCUT2D eigenvalue weighted by molar-refractivity contribution is 0.0963. The predicted molar refractivity (Wildman–Crippen MR) is 89.9 cm³/mol. The summed E-state index contributed by atoms with van der Waals surface area (Å²) in [5.74, 6) is 2.23. The molecule has 110 valence electrons. The number of halogens is 1. The van der Waals surface area contributed by atoms with Crippen molar-refractivity contribution in [2.75, 3.05) is 6.54 Å². The van der Waals surface area contributed by atoms with Gasteiger partial charge in [-0.1, -0.05) is 17.5 Å². The highest BCUT2D eigenvalue weighted by molar-refractivity contribution is 7.20. The van der Waals surface area contributed by atoms with Crippen molar-refractivity contribution in [3.05, 3.63) is 45.9 Å². The molecule has 1 aromatic carbocycles. The van der Waals surface area contributed by atoms with Crippen molar-refractivity contribution in [2.24, 2.45) is 0 Å². The Morgan fingerprint density at radius 2 is 2.18 bits per heavy atom. The Bertz CT molecular complexity index is 887. The largest absolute Gasteiger partial charge is 0.340 e. The van der Waals surface area contributed by atoms with Crippen LogP contribution in [0.15, 0.2) is 30.3 Å². The van der Waals surface area contributed by atoms with Gasteiger partial charge in [-0.05, 0) is 37.3 Å². The molecule has 0 radical (unpaired) electrons. The number of hydrogen-bond acceptors (Lipinski definition) is 3. The second-order valence-corrected chi connectivity index (χ2v) is 6.16. The number of fused-ring (bicyclic) bond motifs is 1.